The minimum Gasteiger partial charge on any atom is -0.399 e. The van der Waals surface area contributed by atoms with E-state index in [1.165, 1.54) is 16.0 Å². The van der Waals surface area contributed by atoms with Crippen LogP contribution in [0.3, 0.4) is 0 Å². The molecule has 0 unspecified atom stereocenters. The fraction of sp³-hybridized carbons (Fsp3) is 0.200. The first-order valence-corrected chi connectivity index (χ1v) is 7.16. The molecule has 0 aromatic heterocycles. The maximum absolute atomic E-state index is 6.23. The van der Waals surface area contributed by atoms with Crippen LogP contribution < -0.4 is 5.73 Å². The molecule has 0 saturated carbocycles. The highest BCUT2D eigenvalue weighted by atomic mass is 35.5. The number of hydrogen-bond acceptors (Lipinski definition) is 2. The molecule has 18 heavy (non-hydrogen) atoms. The summed E-state index contributed by atoms with van der Waals surface area (Å²) in [5.41, 5.74) is 10.2. The number of nitrogen functional groups attached to an aromatic ring is 1. The van der Waals surface area contributed by atoms with Gasteiger partial charge in [0.05, 0.1) is 0 Å². The maximum Gasteiger partial charge on any atom is 0.0449 e. The van der Waals surface area contributed by atoms with E-state index in [9.17, 15) is 0 Å². The molecule has 0 heterocycles. The number of rotatable bonds is 3. The standard InChI is InChI=1S/C15H16ClNS/c1-10-3-5-12(14(16)7-10)9-18-15-8-13(17)6-4-11(15)2/h3-8H,9,17H2,1-2H3. The number of hydrogen-bond donors (Lipinski definition) is 1. The van der Waals surface area contributed by atoms with Crippen molar-refractivity contribution in [1.29, 1.82) is 0 Å². The summed E-state index contributed by atoms with van der Waals surface area (Å²) in [5.74, 6) is 0.864. The Hall–Kier alpha value is -1.12. The van der Waals surface area contributed by atoms with Gasteiger partial charge in [-0.05, 0) is 48.7 Å². The summed E-state index contributed by atoms with van der Waals surface area (Å²) in [4.78, 5) is 1.21. The molecule has 0 aliphatic carbocycles. The van der Waals surface area contributed by atoms with E-state index < -0.39 is 0 Å². The van der Waals surface area contributed by atoms with Gasteiger partial charge in [0, 0.05) is 21.4 Å². The molecule has 2 rings (SSSR count). The third-order valence-electron chi connectivity index (χ3n) is 2.80. The van der Waals surface area contributed by atoms with Crippen molar-refractivity contribution >= 4 is 29.1 Å². The molecule has 3 heteroatoms. The lowest BCUT2D eigenvalue weighted by Crippen LogP contribution is -1.89. The fourth-order valence-electron chi connectivity index (χ4n) is 1.70. The van der Waals surface area contributed by atoms with Crippen LogP contribution in [0, 0.1) is 13.8 Å². The molecule has 0 spiro atoms. The number of halogens is 1. The van der Waals surface area contributed by atoms with Gasteiger partial charge in [0.25, 0.3) is 0 Å². The summed E-state index contributed by atoms with van der Waals surface area (Å²) < 4.78 is 0. The van der Waals surface area contributed by atoms with Gasteiger partial charge in [-0.25, -0.2) is 0 Å². The molecule has 0 bridgehead atoms. The highest BCUT2D eigenvalue weighted by Gasteiger charge is 2.04. The second-order valence-electron chi connectivity index (χ2n) is 4.41. The van der Waals surface area contributed by atoms with Crippen molar-refractivity contribution in [1.82, 2.24) is 0 Å². The zero-order chi connectivity index (χ0) is 13.1. The average molecular weight is 278 g/mol. The molecule has 0 amide bonds. The van der Waals surface area contributed by atoms with Gasteiger partial charge in [0.2, 0.25) is 0 Å². The molecule has 2 N–H and O–H groups in total. The number of aryl methyl sites for hydroxylation is 2. The topological polar surface area (TPSA) is 26.0 Å². The van der Waals surface area contributed by atoms with Crippen molar-refractivity contribution in [3.05, 3.63) is 58.1 Å². The predicted molar refractivity (Wildman–Crippen MR) is 81.3 cm³/mol. The van der Waals surface area contributed by atoms with E-state index in [1.807, 2.05) is 25.1 Å². The highest BCUT2D eigenvalue weighted by molar-refractivity contribution is 7.98. The largest absolute Gasteiger partial charge is 0.399 e. The van der Waals surface area contributed by atoms with E-state index >= 15 is 0 Å². The molecule has 0 saturated heterocycles. The third-order valence-corrected chi connectivity index (χ3v) is 4.36. The molecule has 0 fully saturated rings. The van der Waals surface area contributed by atoms with Gasteiger partial charge >= 0.3 is 0 Å². The van der Waals surface area contributed by atoms with Crippen LogP contribution in [0.25, 0.3) is 0 Å². The lowest BCUT2D eigenvalue weighted by atomic mass is 10.2. The molecular weight excluding hydrogens is 262 g/mol. The Labute approximate surface area is 117 Å². The normalized spacial score (nSPS) is 10.6. The van der Waals surface area contributed by atoms with E-state index in [4.69, 9.17) is 17.3 Å². The third kappa shape index (κ3) is 3.21. The average Bonchev–Trinajstić information content (AvgIpc) is 2.32. The van der Waals surface area contributed by atoms with Crippen LogP contribution in [0.5, 0.6) is 0 Å². The Morgan fingerprint density at radius 2 is 1.89 bits per heavy atom. The molecule has 2 aromatic carbocycles. The summed E-state index contributed by atoms with van der Waals surface area (Å²) in [6, 6.07) is 12.2. The van der Waals surface area contributed by atoms with Crippen molar-refractivity contribution in [3.8, 4) is 0 Å². The lowest BCUT2D eigenvalue weighted by molar-refractivity contribution is 1.29. The molecule has 0 radical (unpaired) electrons. The Morgan fingerprint density at radius 1 is 1.11 bits per heavy atom. The predicted octanol–water partition coefficient (Wildman–Crippen LogP) is 4.83. The van der Waals surface area contributed by atoms with Gasteiger partial charge in [0.15, 0.2) is 0 Å². The summed E-state index contributed by atoms with van der Waals surface area (Å²) in [6.07, 6.45) is 0. The molecule has 0 aliphatic rings. The van der Waals surface area contributed by atoms with E-state index in [0.717, 1.165) is 22.0 Å². The SMILES string of the molecule is Cc1ccc(CSc2cc(N)ccc2C)c(Cl)c1. The smallest absolute Gasteiger partial charge is 0.0449 e. The van der Waals surface area contributed by atoms with Crippen LogP contribution in [0.4, 0.5) is 5.69 Å². The first-order valence-electron chi connectivity index (χ1n) is 5.80. The molecule has 94 valence electrons. The molecule has 1 nitrogen and oxygen atoms in total. The van der Waals surface area contributed by atoms with Gasteiger partial charge < -0.3 is 5.73 Å². The first-order chi connectivity index (χ1) is 8.56. The molecular formula is C15H16ClNS. The van der Waals surface area contributed by atoms with Gasteiger partial charge in [-0.1, -0.05) is 29.8 Å². The summed E-state index contributed by atoms with van der Waals surface area (Å²) in [5, 5.41) is 0.837. The van der Waals surface area contributed by atoms with E-state index in [1.54, 1.807) is 11.8 Å². The molecule has 2 aromatic rings. The van der Waals surface area contributed by atoms with Crippen molar-refractivity contribution in [3.63, 3.8) is 0 Å². The van der Waals surface area contributed by atoms with Crippen molar-refractivity contribution < 1.29 is 0 Å². The van der Waals surface area contributed by atoms with Crippen LogP contribution in [-0.2, 0) is 5.75 Å². The van der Waals surface area contributed by atoms with Crippen LogP contribution in [0.1, 0.15) is 16.7 Å². The van der Waals surface area contributed by atoms with Crippen molar-refractivity contribution in [2.24, 2.45) is 0 Å². The van der Waals surface area contributed by atoms with Crippen LogP contribution in [0.2, 0.25) is 5.02 Å². The van der Waals surface area contributed by atoms with Gasteiger partial charge in [-0.3, -0.25) is 0 Å². The number of nitrogens with two attached hydrogens (primary N) is 1. The van der Waals surface area contributed by atoms with E-state index in [2.05, 4.69) is 25.1 Å². The minimum absolute atomic E-state index is 0.804. The molecule has 0 aliphatic heterocycles. The first kappa shape index (κ1) is 13.3. The summed E-state index contributed by atoms with van der Waals surface area (Å²) in [7, 11) is 0. The van der Waals surface area contributed by atoms with Gasteiger partial charge in [-0.2, -0.15) is 0 Å². The van der Waals surface area contributed by atoms with Crippen LogP contribution in [-0.4, -0.2) is 0 Å². The van der Waals surface area contributed by atoms with Gasteiger partial charge in [0.1, 0.15) is 0 Å². The van der Waals surface area contributed by atoms with Crippen molar-refractivity contribution in [2.75, 3.05) is 5.73 Å². The van der Waals surface area contributed by atoms with E-state index in [-0.39, 0.29) is 0 Å². The number of benzene rings is 2. The number of thioether (sulfide) groups is 1. The Balaban J connectivity index is 2.13. The Kier molecular flexibility index (Phi) is 4.20. The lowest BCUT2D eigenvalue weighted by Gasteiger charge is -2.08. The van der Waals surface area contributed by atoms with Crippen LogP contribution >= 0.6 is 23.4 Å². The quantitative estimate of drug-likeness (QED) is 0.642. The number of anilines is 1. The van der Waals surface area contributed by atoms with Crippen LogP contribution in [0.15, 0.2) is 41.3 Å². The summed E-state index contributed by atoms with van der Waals surface area (Å²) in [6.45, 7) is 4.14. The Morgan fingerprint density at radius 3 is 2.61 bits per heavy atom. The second kappa shape index (κ2) is 5.68. The minimum atomic E-state index is 0.804. The maximum atomic E-state index is 6.23. The van der Waals surface area contributed by atoms with Gasteiger partial charge in [-0.15, -0.1) is 11.8 Å². The zero-order valence-electron chi connectivity index (χ0n) is 10.5. The summed E-state index contributed by atoms with van der Waals surface area (Å²) >= 11 is 8.00. The molecule has 0 atom stereocenters. The Bertz CT molecular complexity index is 566. The second-order valence-corrected chi connectivity index (χ2v) is 5.83. The zero-order valence-corrected chi connectivity index (χ0v) is 12.1. The highest BCUT2D eigenvalue weighted by Crippen LogP contribution is 2.30. The van der Waals surface area contributed by atoms with Crippen molar-refractivity contribution in [2.45, 2.75) is 24.5 Å². The van der Waals surface area contributed by atoms with E-state index in [0.29, 0.717) is 0 Å². The fourth-order valence-corrected chi connectivity index (χ4v) is 3.16. The monoisotopic (exact) mass is 277 g/mol.